The topological polar surface area (TPSA) is 76.1 Å². The SMILES string of the molecule is CCOC(=O)CC=Cc1cc(C#N)ccc1N. The minimum absolute atomic E-state index is 0.198. The van der Waals surface area contributed by atoms with Crippen LogP contribution in [0, 0.1) is 11.3 Å². The zero-order valence-electron chi connectivity index (χ0n) is 9.64. The van der Waals surface area contributed by atoms with Crippen LogP contribution in [0.1, 0.15) is 24.5 Å². The highest BCUT2D eigenvalue weighted by molar-refractivity contribution is 5.74. The maximum atomic E-state index is 11.1. The molecule has 4 nitrogen and oxygen atoms in total. The minimum atomic E-state index is -0.279. The largest absolute Gasteiger partial charge is 0.466 e. The van der Waals surface area contributed by atoms with E-state index in [0.29, 0.717) is 17.9 Å². The van der Waals surface area contributed by atoms with Gasteiger partial charge in [0.25, 0.3) is 0 Å². The molecule has 0 bridgehead atoms. The number of nitrogen functional groups attached to an aromatic ring is 1. The Morgan fingerprint density at radius 1 is 1.59 bits per heavy atom. The first kappa shape index (κ1) is 12.8. The monoisotopic (exact) mass is 230 g/mol. The summed E-state index contributed by atoms with van der Waals surface area (Å²) in [5, 5.41) is 8.75. The van der Waals surface area contributed by atoms with E-state index < -0.39 is 0 Å². The molecule has 0 unspecified atom stereocenters. The van der Waals surface area contributed by atoms with Crippen LogP contribution in [0.15, 0.2) is 24.3 Å². The van der Waals surface area contributed by atoms with Crippen LogP contribution in [0.25, 0.3) is 6.08 Å². The Bertz CT molecular complexity index is 473. The number of ether oxygens (including phenoxy) is 1. The molecule has 0 aliphatic heterocycles. The van der Waals surface area contributed by atoms with E-state index in [1.807, 2.05) is 6.07 Å². The number of rotatable bonds is 4. The molecule has 88 valence electrons. The summed E-state index contributed by atoms with van der Waals surface area (Å²) in [5.41, 5.74) is 7.58. The van der Waals surface area contributed by atoms with Crippen LogP contribution in [0.3, 0.4) is 0 Å². The van der Waals surface area contributed by atoms with E-state index in [1.54, 1.807) is 37.3 Å². The van der Waals surface area contributed by atoms with Crippen LogP contribution in [0.5, 0.6) is 0 Å². The van der Waals surface area contributed by atoms with Crippen molar-refractivity contribution in [2.24, 2.45) is 0 Å². The molecule has 1 aromatic carbocycles. The van der Waals surface area contributed by atoms with Crippen LogP contribution in [-0.2, 0) is 9.53 Å². The summed E-state index contributed by atoms with van der Waals surface area (Å²) < 4.78 is 4.78. The molecule has 0 saturated heterocycles. The van der Waals surface area contributed by atoms with Crippen LogP contribution >= 0.6 is 0 Å². The third-order valence-corrected chi connectivity index (χ3v) is 2.10. The maximum absolute atomic E-state index is 11.1. The Labute approximate surface area is 100 Å². The molecule has 0 heterocycles. The molecular formula is C13H14N2O2. The molecule has 0 saturated carbocycles. The Kier molecular flexibility index (Phi) is 4.77. The molecular weight excluding hydrogens is 216 g/mol. The number of carbonyl (C=O) groups is 1. The highest BCUT2D eigenvalue weighted by Crippen LogP contribution is 2.15. The molecule has 0 fully saturated rings. The molecule has 0 aliphatic carbocycles. The Balaban J connectivity index is 2.71. The number of nitrogens with zero attached hydrogens (tertiary/aromatic N) is 1. The molecule has 1 aromatic rings. The van der Waals surface area contributed by atoms with Gasteiger partial charge in [0, 0.05) is 5.69 Å². The van der Waals surface area contributed by atoms with Crippen molar-refractivity contribution < 1.29 is 9.53 Å². The quantitative estimate of drug-likeness (QED) is 0.634. The van der Waals surface area contributed by atoms with Gasteiger partial charge in [-0.15, -0.1) is 0 Å². The number of nitrogens with two attached hydrogens (primary N) is 1. The van der Waals surface area contributed by atoms with Gasteiger partial charge in [-0.25, -0.2) is 0 Å². The number of hydrogen-bond donors (Lipinski definition) is 1. The number of esters is 1. The fourth-order valence-electron chi connectivity index (χ4n) is 1.29. The molecule has 1 rings (SSSR count). The summed E-state index contributed by atoms with van der Waals surface area (Å²) >= 11 is 0. The van der Waals surface area contributed by atoms with Gasteiger partial charge in [0.05, 0.1) is 24.7 Å². The maximum Gasteiger partial charge on any atom is 0.309 e. The van der Waals surface area contributed by atoms with Crippen LogP contribution in [0.2, 0.25) is 0 Å². The van der Waals surface area contributed by atoms with Gasteiger partial charge in [-0.3, -0.25) is 4.79 Å². The summed E-state index contributed by atoms with van der Waals surface area (Å²) in [4.78, 5) is 11.1. The standard InChI is InChI=1S/C13H14N2O2/c1-2-17-13(16)5-3-4-11-8-10(9-14)6-7-12(11)15/h3-4,6-8H,2,5,15H2,1H3. The second kappa shape index (κ2) is 6.33. The summed E-state index contributed by atoms with van der Waals surface area (Å²) in [6, 6.07) is 7.03. The van der Waals surface area contributed by atoms with Gasteiger partial charge < -0.3 is 10.5 Å². The van der Waals surface area contributed by atoms with E-state index in [9.17, 15) is 4.79 Å². The molecule has 0 aromatic heterocycles. The normalized spacial score (nSPS) is 10.1. The Morgan fingerprint density at radius 2 is 2.35 bits per heavy atom. The van der Waals surface area contributed by atoms with Gasteiger partial charge in [-0.05, 0) is 30.7 Å². The fourth-order valence-corrected chi connectivity index (χ4v) is 1.29. The average Bonchev–Trinajstić information content (AvgIpc) is 2.32. The molecule has 0 spiro atoms. The van der Waals surface area contributed by atoms with E-state index in [4.69, 9.17) is 15.7 Å². The molecule has 0 aliphatic rings. The molecule has 0 radical (unpaired) electrons. The van der Waals surface area contributed by atoms with Crippen molar-refractivity contribution >= 4 is 17.7 Å². The van der Waals surface area contributed by atoms with Gasteiger partial charge in [0.15, 0.2) is 0 Å². The zero-order chi connectivity index (χ0) is 12.7. The van der Waals surface area contributed by atoms with Crippen molar-refractivity contribution in [1.29, 1.82) is 5.26 Å². The van der Waals surface area contributed by atoms with E-state index in [1.165, 1.54) is 0 Å². The van der Waals surface area contributed by atoms with Crippen molar-refractivity contribution in [3.05, 3.63) is 35.4 Å². The van der Waals surface area contributed by atoms with Gasteiger partial charge in [-0.1, -0.05) is 12.2 Å². The summed E-state index contributed by atoms with van der Waals surface area (Å²) in [6.45, 7) is 2.13. The smallest absolute Gasteiger partial charge is 0.309 e. The van der Waals surface area contributed by atoms with Crippen LogP contribution in [0.4, 0.5) is 5.69 Å². The van der Waals surface area contributed by atoms with E-state index in [2.05, 4.69) is 0 Å². The second-order valence-electron chi connectivity index (χ2n) is 3.37. The number of nitriles is 1. The lowest BCUT2D eigenvalue weighted by atomic mass is 10.1. The number of hydrogen-bond acceptors (Lipinski definition) is 4. The molecule has 2 N–H and O–H groups in total. The van der Waals surface area contributed by atoms with Crippen LogP contribution < -0.4 is 5.73 Å². The molecule has 0 amide bonds. The highest BCUT2D eigenvalue weighted by Gasteiger charge is 1.99. The third kappa shape index (κ3) is 3.99. The van der Waals surface area contributed by atoms with Crippen molar-refractivity contribution in [3.63, 3.8) is 0 Å². The number of carbonyl (C=O) groups excluding carboxylic acids is 1. The van der Waals surface area contributed by atoms with E-state index in [-0.39, 0.29) is 12.4 Å². The molecule has 17 heavy (non-hydrogen) atoms. The minimum Gasteiger partial charge on any atom is -0.466 e. The fraction of sp³-hybridized carbons (Fsp3) is 0.231. The Morgan fingerprint density at radius 3 is 3.00 bits per heavy atom. The van der Waals surface area contributed by atoms with Crippen molar-refractivity contribution in [3.8, 4) is 6.07 Å². The Hall–Kier alpha value is -2.28. The highest BCUT2D eigenvalue weighted by atomic mass is 16.5. The number of benzene rings is 1. The van der Waals surface area contributed by atoms with Crippen molar-refractivity contribution in [1.82, 2.24) is 0 Å². The molecule has 0 atom stereocenters. The lowest BCUT2D eigenvalue weighted by molar-refractivity contribution is -0.142. The summed E-state index contributed by atoms with van der Waals surface area (Å²) in [7, 11) is 0. The summed E-state index contributed by atoms with van der Waals surface area (Å²) in [6.07, 6.45) is 3.59. The third-order valence-electron chi connectivity index (χ3n) is 2.10. The first-order valence-electron chi connectivity index (χ1n) is 5.29. The van der Waals surface area contributed by atoms with E-state index >= 15 is 0 Å². The molecule has 4 heteroatoms. The first-order valence-corrected chi connectivity index (χ1v) is 5.29. The van der Waals surface area contributed by atoms with Crippen LogP contribution in [-0.4, -0.2) is 12.6 Å². The average molecular weight is 230 g/mol. The predicted molar refractivity (Wildman–Crippen MR) is 65.9 cm³/mol. The van der Waals surface area contributed by atoms with Gasteiger partial charge in [0.2, 0.25) is 0 Å². The first-order chi connectivity index (χ1) is 8.17. The van der Waals surface area contributed by atoms with Gasteiger partial charge in [0.1, 0.15) is 0 Å². The van der Waals surface area contributed by atoms with Crippen molar-refractivity contribution in [2.45, 2.75) is 13.3 Å². The second-order valence-corrected chi connectivity index (χ2v) is 3.37. The summed E-state index contributed by atoms with van der Waals surface area (Å²) in [5.74, 6) is -0.279. The van der Waals surface area contributed by atoms with Gasteiger partial charge in [-0.2, -0.15) is 5.26 Å². The predicted octanol–water partition coefficient (Wildman–Crippen LogP) is 2.11. The van der Waals surface area contributed by atoms with Gasteiger partial charge >= 0.3 is 5.97 Å². The lowest BCUT2D eigenvalue weighted by Crippen LogP contribution is -2.01. The number of anilines is 1. The van der Waals surface area contributed by atoms with E-state index in [0.717, 1.165) is 5.56 Å². The van der Waals surface area contributed by atoms with Crippen molar-refractivity contribution in [2.75, 3.05) is 12.3 Å². The lowest BCUT2D eigenvalue weighted by Gasteiger charge is -2.00. The zero-order valence-corrected chi connectivity index (χ0v) is 9.64.